The predicted octanol–water partition coefficient (Wildman–Crippen LogP) is 4.99. The molecule has 178 valence electrons. The van der Waals surface area contributed by atoms with Gasteiger partial charge in [-0.3, -0.25) is 4.79 Å². The number of carboxylic acid groups (broad SMARTS) is 1. The van der Waals surface area contributed by atoms with Crippen molar-refractivity contribution in [1.29, 1.82) is 0 Å². The third-order valence-electron chi connectivity index (χ3n) is 7.19. The molecule has 6 nitrogen and oxygen atoms in total. The van der Waals surface area contributed by atoms with Crippen molar-refractivity contribution in [3.8, 4) is 0 Å². The number of hydrogen-bond donors (Lipinski definition) is 1. The Morgan fingerprint density at radius 1 is 1.25 bits per heavy atom. The maximum absolute atomic E-state index is 12.9. The molecule has 1 fully saturated rings. The van der Waals surface area contributed by atoms with E-state index in [2.05, 4.69) is 49.8 Å². The third-order valence-corrected chi connectivity index (χ3v) is 12.2. The van der Waals surface area contributed by atoms with Crippen molar-refractivity contribution in [2.45, 2.75) is 76.3 Å². The molecule has 1 aliphatic rings. The number of aldehydes is 2. The number of halogens is 1. The monoisotopic (exact) mass is 526 g/mol. The second kappa shape index (κ2) is 10.3. The van der Waals surface area contributed by atoms with Gasteiger partial charge < -0.3 is 23.9 Å². The zero-order chi connectivity index (χ0) is 24.3. The molecule has 0 heterocycles. The molecule has 2 unspecified atom stereocenters. The Balaban J connectivity index is 2.67. The van der Waals surface area contributed by atoms with Gasteiger partial charge in [-0.15, -0.1) is 0 Å². The van der Waals surface area contributed by atoms with E-state index in [0.29, 0.717) is 31.2 Å². The first kappa shape index (κ1) is 26.9. The van der Waals surface area contributed by atoms with Gasteiger partial charge in [0, 0.05) is 17.0 Å². The number of carbonyl (C=O) groups is 3. The first-order valence-electron chi connectivity index (χ1n) is 11.0. The molecule has 8 heteroatoms. The summed E-state index contributed by atoms with van der Waals surface area (Å²) in [5.74, 6) is -3.08. The highest BCUT2D eigenvalue weighted by Crippen LogP contribution is 2.50. The number of benzene rings is 1. The van der Waals surface area contributed by atoms with Gasteiger partial charge in [0.2, 0.25) is 0 Å². The van der Waals surface area contributed by atoms with Crippen LogP contribution in [0.2, 0.25) is 18.1 Å². The summed E-state index contributed by atoms with van der Waals surface area (Å²) < 4.78 is 13.6. The zero-order valence-corrected chi connectivity index (χ0v) is 22.3. The van der Waals surface area contributed by atoms with Gasteiger partial charge in [-0.05, 0) is 55.6 Å². The fourth-order valence-corrected chi connectivity index (χ4v) is 6.13. The van der Waals surface area contributed by atoms with E-state index in [1.807, 2.05) is 6.92 Å². The van der Waals surface area contributed by atoms with Crippen LogP contribution in [0.15, 0.2) is 28.7 Å². The summed E-state index contributed by atoms with van der Waals surface area (Å²) in [4.78, 5) is 36.9. The van der Waals surface area contributed by atoms with E-state index >= 15 is 0 Å². The van der Waals surface area contributed by atoms with Crippen molar-refractivity contribution in [3.63, 3.8) is 0 Å². The predicted molar refractivity (Wildman–Crippen MR) is 129 cm³/mol. The summed E-state index contributed by atoms with van der Waals surface area (Å²) in [6.45, 7) is 12.8. The molecule has 0 aromatic heterocycles. The maximum atomic E-state index is 12.9. The van der Waals surface area contributed by atoms with Crippen LogP contribution in [0.3, 0.4) is 0 Å². The summed E-state index contributed by atoms with van der Waals surface area (Å²) in [6, 6.07) is 7.05. The minimum absolute atomic E-state index is 0.0545. The van der Waals surface area contributed by atoms with Gasteiger partial charge in [0.15, 0.2) is 8.32 Å². The quantitative estimate of drug-likeness (QED) is 0.277. The van der Waals surface area contributed by atoms with Crippen LogP contribution >= 0.6 is 15.9 Å². The summed E-state index contributed by atoms with van der Waals surface area (Å²) in [7, 11) is -2.22. The van der Waals surface area contributed by atoms with E-state index in [1.54, 1.807) is 24.3 Å². The largest absolute Gasteiger partial charge is 0.481 e. The lowest BCUT2D eigenvalue weighted by molar-refractivity contribution is -0.166. The summed E-state index contributed by atoms with van der Waals surface area (Å²) in [6.07, 6.45) is 0.703. The molecule has 0 radical (unpaired) electrons. The number of aliphatic carboxylic acids is 1. The first-order chi connectivity index (χ1) is 14.9. The van der Waals surface area contributed by atoms with Crippen molar-refractivity contribution in [2.24, 2.45) is 11.8 Å². The average Bonchev–Trinajstić information content (AvgIpc) is 2.70. The molecule has 0 aliphatic heterocycles. The smallest absolute Gasteiger partial charge is 0.314 e. The SMILES string of the molecule is CCOC1C(C(C=O)C=O)[C@@](C(=O)O)(c2ccc(Br)cc2)CC[C@H]1O[Si](C)(C)C(C)(C)C. The van der Waals surface area contributed by atoms with Crippen molar-refractivity contribution in [1.82, 2.24) is 0 Å². The molecule has 0 saturated heterocycles. The van der Waals surface area contributed by atoms with Crippen LogP contribution in [0.25, 0.3) is 0 Å². The topological polar surface area (TPSA) is 89.9 Å². The second-order valence-corrected chi connectivity index (χ2v) is 15.7. The third kappa shape index (κ3) is 5.08. The van der Waals surface area contributed by atoms with Crippen LogP contribution in [0.1, 0.15) is 46.1 Å². The highest BCUT2D eigenvalue weighted by molar-refractivity contribution is 9.10. The van der Waals surface area contributed by atoms with Crippen LogP contribution in [0.5, 0.6) is 0 Å². The fraction of sp³-hybridized carbons (Fsp3) is 0.625. The molecule has 32 heavy (non-hydrogen) atoms. The van der Waals surface area contributed by atoms with Gasteiger partial charge in [-0.2, -0.15) is 0 Å². The van der Waals surface area contributed by atoms with Gasteiger partial charge in [0.25, 0.3) is 0 Å². The normalized spacial score (nSPS) is 26.7. The maximum Gasteiger partial charge on any atom is 0.314 e. The highest BCUT2D eigenvalue weighted by atomic mass is 79.9. The Morgan fingerprint density at radius 3 is 2.25 bits per heavy atom. The van der Waals surface area contributed by atoms with Crippen LogP contribution in [0, 0.1) is 11.8 Å². The summed E-state index contributed by atoms with van der Waals surface area (Å²) >= 11 is 3.39. The van der Waals surface area contributed by atoms with Gasteiger partial charge >= 0.3 is 5.97 Å². The van der Waals surface area contributed by atoms with E-state index in [9.17, 15) is 19.5 Å². The van der Waals surface area contributed by atoms with Gasteiger partial charge in [0.1, 0.15) is 12.6 Å². The number of rotatable bonds is 9. The Bertz CT molecular complexity index is 811. The number of hydrogen-bond acceptors (Lipinski definition) is 5. The average molecular weight is 528 g/mol. The van der Waals surface area contributed by atoms with Crippen LogP contribution in [-0.4, -0.2) is 50.8 Å². The molecule has 4 atom stereocenters. The summed E-state index contributed by atoms with van der Waals surface area (Å²) in [5.41, 5.74) is -0.886. The van der Waals surface area contributed by atoms with Crippen LogP contribution in [-0.2, 0) is 29.0 Å². The van der Waals surface area contributed by atoms with Gasteiger partial charge in [-0.1, -0.05) is 48.8 Å². The minimum atomic E-state index is -2.22. The molecule has 2 rings (SSSR count). The molecule has 0 amide bonds. The molecular weight excluding hydrogens is 492 g/mol. The van der Waals surface area contributed by atoms with Crippen molar-refractivity contribution in [2.75, 3.05) is 6.61 Å². The second-order valence-electron chi connectivity index (χ2n) is 10.0. The molecule has 1 N–H and O–H groups in total. The molecule has 1 aromatic carbocycles. The van der Waals surface area contributed by atoms with Crippen molar-refractivity contribution in [3.05, 3.63) is 34.3 Å². The van der Waals surface area contributed by atoms with E-state index in [0.717, 1.165) is 4.47 Å². The van der Waals surface area contributed by atoms with Crippen LogP contribution in [0.4, 0.5) is 0 Å². The number of carboxylic acids is 1. The Morgan fingerprint density at radius 2 is 1.81 bits per heavy atom. The molecule has 1 aromatic rings. The van der Waals surface area contributed by atoms with Crippen LogP contribution < -0.4 is 0 Å². The highest BCUT2D eigenvalue weighted by Gasteiger charge is 2.59. The minimum Gasteiger partial charge on any atom is -0.481 e. The molecule has 0 spiro atoms. The van der Waals surface area contributed by atoms with Crippen molar-refractivity contribution >= 4 is 42.8 Å². The molecular formula is C24H35BrO6Si. The number of ether oxygens (including phenoxy) is 1. The number of carbonyl (C=O) groups excluding carboxylic acids is 2. The Kier molecular flexibility index (Phi) is 8.64. The Hall–Kier alpha value is -1.35. The van der Waals surface area contributed by atoms with E-state index < -0.39 is 43.7 Å². The molecule has 1 saturated carbocycles. The molecule has 1 aliphatic carbocycles. The standard InChI is InChI=1S/C24H35BrO6Si/c1-7-30-21-19(31-32(5,6)23(2,3)4)12-13-24(22(28)29,20(21)16(14-26)15-27)17-8-10-18(25)11-9-17/h8-11,14-16,19-21H,7,12-13H2,1-6H3,(H,28,29)/t19-,20?,21?,24+/m1/s1. The Labute approximate surface area is 200 Å². The van der Waals surface area contributed by atoms with Crippen molar-refractivity contribution < 1.29 is 28.7 Å². The van der Waals surface area contributed by atoms with Gasteiger partial charge in [0.05, 0.1) is 23.5 Å². The lowest BCUT2D eigenvalue weighted by atomic mass is 9.57. The lowest BCUT2D eigenvalue weighted by Gasteiger charge is -2.52. The van der Waals surface area contributed by atoms with Gasteiger partial charge in [-0.25, -0.2) is 0 Å². The zero-order valence-electron chi connectivity index (χ0n) is 19.8. The first-order valence-corrected chi connectivity index (χ1v) is 14.7. The molecule has 0 bridgehead atoms. The fourth-order valence-electron chi connectivity index (χ4n) is 4.50. The lowest BCUT2D eigenvalue weighted by Crippen LogP contribution is -2.61. The summed E-state index contributed by atoms with van der Waals surface area (Å²) in [5, 5.41) is 10.5. The van der Waals surface area contributed by atoms with E-state index in [1.165, 1.54) is 0 Å². The van der Waals surface area contributed by atoms with E-state index in [4.69, 9.17) is 9.16 Å². The van der Waals surface area contributed by atoms with E-state index in [-0.39, 0.29) is 11.5 Å².